The number of nitrogens with one attached hydrogen (secondary N) is 1. The van der Waals surface area contributed by atoms with Gasteiger partial charge in [0.25, 0.3) is 5.91 Å². The van der Waals surface area contributed by atoms with Gasteiger partial charge in [-0.1, -0.05) is 69.9 Å². The van der Waals surface area contributed by atoms with E-state index in [-0.39, 0.29) is 17.7 Å². The molecule has 6 rings (SSSR count). The van der Waals surface area contributed by atoms with Crippen molar-refractivity contribution in [2.24, 2.45) is 5.41 Å². The zero-order chi connectivity index (χ0) is 29.8. The first kappa shape index (κ1) is 30.1. The smallest absolute Gasteiger partial charge is 0.416 e. The Balaban J connectivity index is 1.38. The van der Waals surface area contributed by atoms with Crippen LogP contribution in [0.4, 0.5) is 13.2 Å². The van der Waals surface area contributed by atoms with Crippen molar-refractivity contribution in [3.63, 3.8) is 0 Å². The monoisotopic (exact) mass is 583 g/mol. The molecule has 0 radical (unpaired) electrons. The average molecular weight is 584 g/mol. The van der Waals surface area contributed by atoms with Crippen molar-refractivity contribution in [3.05, 3.63) is 65.5 Å². The molecule has 0 unspecified atom stereocenters. The zero-order valence-electron chi connectivity index (χ0n) is 24.0. The molecule has 226 valence electrons. The minimum absolute atomic E-state index is 0.125. The SMILES string of the molecule is O=C(O)CC12CCCCCCCCCCCC(NC(=O)c3ccnc4ccn(Cc5ccc(C(F)(F)F)cc5)c34)(C1)C2. The normalized spacial score (nSPS) is 24.0. The van der Waals surface area contributed by atoms with Crippen molar-refractivity contribution in [1.82, 2.24) is 14.9 Å². The Labute approximate surface area is 244 Å². The number of fused-ring (bicyclic) bond motifs is 11. The summed E-state index contributed by atoms with van der Waals surface area (Å²) in [5, 5.41) is 13.1. The number of hydrogen-bond acceptors (Lipinski definition) is 3. The number of aromatic nitrogens is 2. The van der Waals surface area contributed by atoms with Crippen LogP contribution in [-0.2, 0) is 17.5 Å². The Morgan fingerprint density at radius 3 is 2.12 bits per heavy atom. The summed E-state index contributed by atoms with van der Waals surface area (Å²) in [6.45, 7) is 0.292. The second kappa shape index (κ2) is 12.5. The Hall–Kier alpha value is -3.36. The Morgan fingerprint density at radius 1 is 0.881 bits per heavy atom. The number of benzene rings is 1. The van der Waals surface area contributed by atoms with Crippen LogP contribution in [0.2, 0.25) is 0 Å². The number of alkyl halides is 3. The van der Waals surface area contributed by atoms with E-state index in [9.17, 15) is 27.9 Å². The number of nitrogens with zero attached hydrogens (tertiary/aromatic N) is 2. The third-order valence-electron chi connectivity index (χ3n) is 9.23. The number of hydrogen-bond donors (Lipinski definition) is 2. The third-order valence-corrected chi connectivity index (χ3v) is 9.23. The maximum Gasteiger partial charge on any atom is 0.416 e. The van der Waals surface area contributed by atoms with E-state index in [1.54, 1.807) is 24.5 Å². The van der Waals surface area contributed by atoms with Crippen LogP contribution >= 0.6 is 0 Å². The van der Waals surface area contributed by atoms with Crippen LogP contribution in [0.1, 0.15) is 111 Å². The van der Waals surface area contributed by atoms with Gasteiger partial charge in [-0.25, -0.2) is 0 Å². The highest BCUT2D eigenvalue weighted by Gasteiger charge is 2.55. The first-order valence-electron chi connectivity index (χ1n) is 15.2. The van der Waals surface area contributed by atoms with Crippen molar-refractivity contribution in [1.29, 1.82) is 0 Å². The molecule has 42 heavy (non-hydrogen) atoms. The summed E-state index contributed by atoms with van der Waals surface area (Å²) in [5.74, 6) is -1.01. The lowest BCUT2D eigenvalue weighted by Gasteiger charge is -2.57. The summed E-state index contributed by atoms with van der Waals surface area (Å²) in [6.07, 6.45) is 12.4. The van der Waals surface area contributed by atoms with Crippen molar-refractivity contribution < 1.29 is 27.9 Å². The standard InChI is InChI=1S/C33H40F3N3O3/c34-33(35,36)25-12-10-24(11-13-25)21-39-19-15-27-29(39)26(14-18-37-27)30(42)38-32-17-9-7-5-3-1-2-4-6-8-16-31(22-32,23-32)20-28(40)41/h10-15,18-19H,1-9,16-17,20-23H2,(H,38,42)(H,40,41). The van der Waals surface area contributed by atoms with E-state index in [2.05, 4.69) is 10.3 Å². The Kier molecular flexibility index (Phi) is 8.94. The third kappa shape index (κ3) is 6.98. The van der Waals surface area contributed by atoms with Crippen LogP contribution in [0.5, 0.6) is 0 Å². The number of carbonyl (C=O) groups is 2. The van der Waals surface area contributed by atoms with Gasteiger partial charge in [-0.15, -0.1) is 0 Å². The molecule has 3 aromatic rings. The highest BCUT2D eigenvalue weighted by molar-refractivity contribution is 6.05. The lowest BCUT2D eigenvalue weighted by Crippen LogP contribution is -2.62. The average Bonchev–Trinajstić information content (AvgIpc) is 3.33. The predicted molar refractivity (Wildman–Crippen MR) is 155 cm³/mol. The molecular weight excluding hydrogens is 543 g/mol. The number of carbonyl (C=O) groups excluding carboxylic acids is 1. The molecule has 0 spiro atoms. The lowest BCUT2D eigenvalue weighted by molar-refractivity contribution is -0.144. The van der Waals surface area contributed by atoms with Gasteiger partial charge in [-0.05, 0) is 60.9 Å². The molecule has 9 heteroatoms. The highest BCUT2D eigenvalue weighted by Crippen LogP contribution is 2.56. The first-order chi connectivity index (χ1) is 20.1. The van der Waals surface area contributed by atoms with Gasteiger partial charge in [0.05, 0.1) is 28.6 Å². The first-order valence-corrected chi connectivity index (χ1v) is 15.2. The molecule has 3 aliphatic carbocycles. The Bertz CT molecular complexity index is 1390. The van der Waals surface area contributed by atoms with Gasteiger partial charge < -0.3 is 15.0 Å². The maximum absolute atomic E-state index is 13.9. The molecule has 2 bridgehead atoms. The molecule has 6 nitrogen and oxygen atoms in total. The van der Waals surface area contributed by atoms with Crippen molar-refractivity contribution >= 4 is 22.9 Å². The zero-order valence-corrected chi connectivity index (χ0v) is 24.0. The minimum atomic E-state index is -4.40. The van der Waals surface area contributed by atoms with Crippen LogP contribution in [0.25, 0.3) is 11.0 Å². The van der Waals surface area contributed by atoms with E-state index in [0.717, 1.165) is 50.7 Å². The molecule has 0 atom stereocenters. The van der Waals surface area contributed by atoms with Crippen LogP contribution in [0, 0.1) is 5.41 Å². The molecule has 0 aliphatic heterocycles. The summed E-state index contributed by atoms with van der Waals surface area (Å²) in [7, 11) is 0. The van der Waals surface area contributed by atoms with Gasteiger partial charge >= 0.3 is 12.1 Å². The quantitative estimate of drug-likeness (QED) is 0.307. The minimum Gasteiger partial charge on any atom is -0.481 e. The number of pyridine rings is 1. The molecule has 2 aromatic heterocycles. The number of rotatable bonds is 6. The van der Waals surface area contributed by atoms with Gasteiger partial charge in [0.15, 0.2) is 0 Å². The molecule has 2 heterocycles. The molecule has 1 amide bonds. The fourth-order valence-electron chi connectivity index (χ4n) is 7.37. The summed E-state index contributed by atoms with van der Waals surface area (Å²) in [4.78, 5) is 30.2. The van der Waals surface area contributed by atoms with E-state index < -0.39 is 23.2 Å². The van der Waals surface area contributed by atoms with Gasteiger partial charge in [-0.2, -0.15) is 13.2 Å². The van der Waals surface area contributed by atoms with Crippen LogP contribution in [-0.4, -0.2) is 32.1 Å². The predicted octanol–water partition coefficient (Wildman–Crippen LogP) is 8.13. The van der Waals surface area contributed by atoms with Gasteiger partial charge in [0, 0.05) is 24.5 Å². The molecule has 2 N–H and O–H groups in total. The van der Waals surface area contributed by atoms with E-state index in [0.29, 0.717) is 41.5 Å². The second-order valence-corrected chi connectivity index (χ2v) is 12.6. The van der Waals surface area contributed by atoms with Crippen molar-refractivity contribution in [2.75, 3.05) is 0 Å². The molecule has 0 saturated heterocycles. The van der Waals surface area contributed by atoms with E-state index in [1.165, 1.54) is 44.2 Å². The van der Waals surface area contributed by atoms with Crippen LogP contribution in [0.15, 0.2) is 48.8 Å². The fraction of sp³-hybridized carbons (Fsp3) is 0.545. The fourth-order valence-corrected chi connectivity index (χ4v) is 7.37. The number of aliphatic carboxylic acids is 1. The van der Waals surface area contributed by atoms with E-state index in [1.807, 2.05) is 4.57 Å². The topological polar surface area (TPSA) is 84.2 Å². The van der Waals surface area contributed by atoms with Gasteiger partial charge in [0.1, 0.15) is 0 Å². The summed E-state index contributed by atoms with van der Waals surface area (Å²) in [6, 6.07) is 8.53. The van der Waals surface area contributed by atoms with Crippen molar-refractivity contribution in [3.8, 4) is 0 Å². The summed E-state index contributed by atoms with van der Waals surface area (Å²) < 4.78 is 41.0. The summed E-state index contributed by atoms with van der Waals surface area (Å²) in [5.41, 5.74) is 0.957. The molecule has 1 aromatic carbocycles. The number of carboxylic acids is 1. The Morgan fingerprint density at radius 2 is 1.50 bits per heavy atom. The number of halogens is 3. The largest absolute Gasteiger partial charge is 0.481 e. The number of carboxylic acid groups (broad SMARTS) is 1. The highest BCUT2D eigenvalue weighted by atomic mass is 19.4. The van der Waals surface area contributed by atoms with Gasteiger partial charge in [-0.3, -0.25) is 14.6 Å². The molecule has 3 saturated carbocycles. The van der Waals surface area contributed by atoms with Crippen LogP contribution < -0.4 is 5.32 Å². The lowest BCUT2D eigenvalue weighted by atomic mass is 9.52. The van der Waals surface area contributed by atoms with Gasteiger partial charge in [0.2, 0.25) is 0 Å². The van der Waals surface area contributed by atoms with Crippen molar-refractivity contribution in [2.45, 2.75) is 108 Å². The van der Waals surface area contributed by atoms with E-state index >= 15 is 0 Å². The van der Waals surface area contributed by atoms with E-state index in [4.69, 9.17) is 0 Å². The second-order valence-electron chi connectivity index (χ2n) is 12.6. The summed E-state index contributed by atoms with van der Waals surface area (Å²) >= 11 is 0. The maximum atomic E-state index is 13.9. The molecular formula is C33H40F3N3O3. The van der Waals surface area contributed by atoms with Crippen LogP contribution in [0.3, 0.4) is 0 Å². The molecule has 3 aliphatic rings. The number of amides is 1. The molecule has 3 fully saturated rings.